The first-order chi connectivity index (χ1) is 7.63. The summed E-state index contributed by atoms with van der Waals surface area (Å²) < 4.78 is 14.6. The van der Waals surface area contributed by atoms with Crippen molar-refractivity contribution >= 4 is 21.6 Å². The van der Waals surface area contributed by atoms with Gasteiger partial charge in [-0.05, 0) is 39.9 Å². The number of halogens is 2. The van der Waals surface area contributed by atoms with Crippen molar-refractivity contribution in [1.29, 1.82) is 0 Å². The fourth-order valence-electron chi connectivity index (χ4n) is 2.13. The lowest BCUT2D eigenvalue weighted by Gasteiger charge is -2.20. The maximum atomic E-state index is 14.1. The molecule has 0 amide bonds. The zero-order valence-electron chi connectivity index (χ0n) is 9.34. The number of hydrogen-bond donors (Lipinski definition) is 1. The Morgan fingerprint density at radius 3 is 2.88 bits per heavy atom. The van der Waals surface area contributed by atoms with E-state index in [2.05, 4.69) is 27.8 Å². The molecule has 1 aromatic rings. The van der Waals surface area contributed by atoms with Crippen LogP contribution >= 0.6 is 15.9 Å². The van der Waals surface area contributed by atoms with Crippen molar-refractivity contribution in [2.75, 3.05) is 18.0 Å². The van der Waals surface area contributed by atoms with Crippen LogP contribution in [0.25, 0.3) is 0 Å². The summed E-state index contributed by atoms with van der Waals surface area (Å²) in [6.07, 6.45) is 1.13. The number of rotatable bonds is 2. The van der Waals surface area contributed by atoms with Crippen molar-refractivity contribution in [2.24, 2.45) is 11.7 Å². The third kappa shape index (κ3) is 2.09. The van der Waals surface area contributed by atoms with Crippen molar-refractivity contribution in [2.45, 2.75) is 19.9 Å². The smallest absolute Gasteiger partial charge is 0.160 e. The van der Waals surface area contributed by atoms with E-state index < -0.39 is 0 Å². The summed E-state index contributed by atoms with van der Waals surface area (Å²) in [5, 5.41) is 0. The van der Waals surface area contributed by atoms with Crippen molar-refractivity contribution in [3.05, 3.63) is 28.0 Å². The molecule has 1 aliphatic heterocycles. The lowest BCUT2D eigenvalue weighted by Crippen LogP contribution is -2.20. The van der Waals surface area contributed by atoms with Crippen molar-refractivity contribution in [3.8, 4) is 0 Å². The second kappa shape index (κ2) is 4.72. The van der Waals surface area contributed by atoms with Crippen molar-refractivity contribution in [3.63, 3.8) is 0 Å². The highest BCUT2D eigenvalue weighted by Crippen LogP contribution is 2.32. The number of benzene rings is 1. The average Bonchev–Trinajstić information content (AvgIpc) is 2.69. The van der Waals surface area contributed by atoms with Crippen molar-refractivity contribution in [1.82, 2.24) is 0 Å². The summed E-state index contributed by atoms with van der Waals surface area (Å²) in [7, 11) is 0. The largest absolute Gasteiger partial charge is 0.369 e. The highest BCUT2D eigenvalue weighted by molar-refractivity contribution is 9.10. The minimum atomic E-state index is -0.183. The molecule has 1 saturated heterocycles. The molecule has 1 aliphatic rings. The van der Waals surface area contributed by atoms with E-state index in [0.717, 1.165) is 25.1 Å². The molecule has 2 N–H and O–H groups in total. The van der Waals surface area contributed by atoms with Gasteiger partial charge >= 0.3 is 0 Å². The predicted molar refractivity (Wildman–Crippen MR) is 68.0 cm³/mol. The van der Waals surface area contributed by atoms with Crippen LogP contribution < -0.4 is 10.6 Å². The van der Waals surface area contributed by atoms with Gasteiger partial charge in [-0.1, -0.05) is 13.0 Å². The van der Waals surface area contributed by atoms with E-state index in [-0.39, 0.29) is 5.82 Å². The molecule has 1 atom stereocenters. The standard InChI is InChI=1S/C12H16BrFN2/c1-8-4-5-16(7-8)10-3-2-9(6-15)11(13)12(10)14/h2-3,8H,4-7,15H2,1H3. The van der Waals surface area contributed by atoms with Gasteiger partial charge in [0, 0.05) is 19.6 Å². The lowest BCUT2D eigenvalue weighted by atomic mass is 10.1. The minimum absolute atomic E-state index is 0.183. The van der Waals surface area contributed by atoms with Gasteiger partial charge in [-0.15, -0.1) is 0 Å². The third-order valence-corrected chi connectivity index (χ3v) is 3.98. The third-order valence-electron chi connectivity index (χ3n) is 3.13. The molecule has 1 heterocycles. The number of nitrogens with two attached hydrogens (primary N) is 1. The van der Waals surface area contributed by atoms with Gasteiger partial charge < -0.3 is 10.6 Å². The summed E-state index contributed by atoms with van der Waals surface area (Å²) >= 11 is 3.27. The van der Waals surface area contributed by atoms with Crippen LogP contribution in [0.4, 0.5) is 10.1 Å². The molecule has 16 heavy (non-hydrogen) atoms. The van der Waals surface area contributed by atoms with E-state index in [1.165, 1.54) is 0 Å². The SMILES string of the molecule is CC1CCN(c2ccc(CN)c(Br)c2F)C1. The van der Waals surface area contributed by atoms with Crippen molar-refractivity contribution < 1.29 is 4.39 Å². The zero-order valence-corrected chi connectivity index (χ0v) is 10.9. The van der Waals surface area contributed by atoms with Gasteiger partial charge in [0.1, 0.15) is 0 Å². The molecule has 0 aromatic heterocycles. The summed E-state index contributed by atoms with van der Waals surface area (Å²) in [4.78, 5) is 2.10. The Bertz CT molecular complexity index is 395. The summed E-state index contributed by atoms with van der Waals surface area (Å²) in [5.41, 5.74) is 7.04. The van der Waals surface area contributed by atoms with E-state index >= 15 is 0 Å². The second-order valence-electron chi connectivity index (χ2n) is 4.42. The first-order valence-electron chi connectivity index (χ1n) is 5.55. The second-order valence-corrected chi connectivity index (χ2v) is 5.21. The van der Waals surface area contributed by atoms with Gasteiger partial charge in [0.2, 0.25) is 0 Å². The Kier molecular flexibility index (Phi) is 3.50. The molecule has 1 aromatic carbocycles. The molecule has 2 nitrogen and oxygen atoms in total. The Morgan fingerprint density at radius 1 is 1.56 bits per heavy atom. The highest BCUT2D eigenvalue weighted by atomic mass is 79.9. The van der Waals surface area contributed by atoms with Crippen LogP contribution in [0.15, 0.2) is 16.6 Å². The molecular weight excluding hydrogens is 271 g/mol. The Balaban J connectivity index is 2.32. The monoisotopic (exact) mass is 286 g/mol. The normalized spacial score (nSPS) is 20.5. The van der Waals surface area contributed by atoms with Gasteiger partial charge in [0.05, 0.1) is 10.2 Å². The van der Waals surface area contributed by atoms with Gasteiger partial charge in [-0.3, -0.25) is 0 Å². The van der Waals surface area contributed by atoms with Gasteiger partial charge in [-0.2, -0.15) is 0 Å². The lowest BCUT2D eigenvalue weighted by molar-refractivity contribution is 0.611. The molecule has 0 bridgehead atoms. The molecule has 2 rings (SSSR count). The van der Waals surface area contributed by atoms with Crippen LogP contribution in [0, 0.1) is 11.7 Å². The van der Waals surface area contributed by atoms with E-state index in [1.807, 2.05) is 12.1 Å². The van der Waals surface area contributed by atoms with Gasteiger partial charge in [0.15, 0.2) is 5.82 Å². The molecule has 1 fully saturated rings. The van der Waals surface area contributed by atoms with Crippen LogP contribution in [-0.4, -0.2) is 13.1 Å². The van der Waals surface area contributed by atoms with E-state index in [0.29, 0.717) is 22.6 Å². The molecular formula is C12H16BrFN2. The number of anilines is 1. The summed E-state index contributed by atoms with van der Waals surface area (Å²) in [5.74, 6) is 0.462. The fourth-order valence-corrected chi connectivity index (χ4v) is 2.63. The highest BCUT2D eigenvalue weighted by Gasteiger charge is 2.22. The number of nitrogens with zero attached hydrogens (tertiary/aromatic N) is 1. The first-order valence-corrected chi connectivity index (χ1v) is 6.34. The van der Waals surface area contributed by atoms with E-state index in [9.17, 15) is 4.39 Å². The van der Waals surface area contributed by atoms with E-state index in [4.69, 9.17) is 5.73 Å². The molecule has 4 heteroatoms. The summed E-state index contributed by atoms with van der Waals surface area (Å²) in [6.45, 7) is 4.42. The number of hydrogen-bond acceptors (Lipinski definition) is 2. The van der Waals surface area contributed by atoms with Crippen LogP contribution in [0.5, 0.6) is 0 Å². The predicted octanol–water partition coefficient (Wildman–Crippen LogP) is 2.89. The average molecular weight is 287 g/mol. The Hall–Kier alpha value is -0.610. The molecule has 0 radical (unpaired) electrons. The Labute approximate surface area is 104 Å². The minimum Gasteiger partial charge on any atom is -0.369 e. The van der Waals surface area contributed by atoms with Crippen LogP contribution in [-0.2, 0) is 6.54 Å². The molecule has 0 spiro atoms. The van der Waals surface area contributed by atoms with Crippen LogP contribution in [0.2, 0.25) is 0 Å². The molecule has 0 saturated carbocycles. The van der Waals surface area contributed by atoms with E-state index in [1.54, 1.807) is 0 Å². The molecule has 88 valence electrons. The fraction of sp³-hybridized carbons (Fsp3) is 0.500. The topological polar surface area (TPSA) is 29.3 Å². The quantitative estimate of drug-likeness (QED) is 0.906. The molecule has 1 unspecified atom stereocenters. The maximum absolute atomic E-state index is 14.1. The zero-order chi connectivity index (χ0) is 11.7. The van der Waals surface area contributed by atoms with Crippen LogP contribution in [0.1, 0.15) is 18.9 Å². The van der Waals surface area contributed by atoms with Crippen LogP contribution in [0.3, 0.4) is 0 Å². The van der Waals surface area contributed by atoms with Gasteiger partial charge in [0.25, 0.3) is 0 Å². The summed E-state index contributed by atoms with van der Waals surface area (Å²) in [6, 6.07) is 3.73. The molecule has 0 aliphatic carbocycles. The maximum Gasteiger partial charge on any atom is 0.160 e. The Morgan fingerprint density at radius 2 is 2.31 bits per heavy atom. The first kappa shape index (κ1) is 11.9. The van der Waals surface area contributed by atoms with Gasteiger partial charge in [-0.25, -0.2) is 4.39 Å².